The lowest BCUT2D eigenvalue weighted by molar-refractivity contribution is -0.161. The number of hydrogen-bond donors (Lipinski definition) is 2. The number of esters is 2. The quantitative estimate of drug-likeness (QED) is 0.0220. The molecule has 0 bridgehead atoms. The summed E-state index contributed by atoms with van der Waals surface area (Å²) < 4.78 is 26.3. The molecule has 0 aliphatic rings. The molecule has 0 heterocycles. The van der Waals surface area contributed by atoms with Crippen molar-refractivity contribution in [2.75, 3.05) is 13.2 Å². The van der Waals surface area contributed by atoms with Gasteiger partial charge in [0.15, 0.2) is 6.10 Å². The van der Waals surface area contributed by atoms with E-state index in [0.29, 0.717) is 12.8 Å². The van der Waals surface area contributed by atoms with E-state index in [1.807, 2.05) is 36.5 Å². The summed E-state index contributed by atoms with van der Waals surface area (Å²) in [5.74, 6) is -0.963. The van der Waals surface area contributed by atoms with Crippen LogP contribution in [0.25, 0.3) is 0 Å². The van der Waals surface area contributed by atoms with Crippen molar-refractivity contribution in [1.82, 2.24) is 0 Å². The topological polar surface area (TPSA) is 119 Å². The largest absolute Gasteiger partial charge is 0.469 e. The first-order valence-corrected chi connectivity index (χ1v) is 21.1. The molecule has 1 atom stereocenters. The monoisotopic (exact) mass is 744 g/mol. The van der Waals surface area contributed by atoms with Crippen molar-refractivity contribution < 1.29 is 37.9 Å². The highest BCUT2D eigenvalue weighted by Gasteiger charge is 2.22. The molecule has 0 spiro atoms. The van der Waals surface area contributed by atoms with E-state index >= 15 is 0 Å². The fourth-order valence-electron chi connectivity index (χ4n) is 4.78. The normalized spacial score (nSPS) is 13.5. The van der Waals surface area contributed by atoms with Crippen molar-refractivity contribution in [1.29, 1.82) is 0 Å². The summed E-state index contributed by atoms with van der Waals surface area (Å²) in [6.45, 7) is 3.44. The zero-order chi connectivity index (χ0) is 38.2. The summed E-state index contributed by atoms with van der Waals surface area (Å²) in [4.78, 5) is 42.7. The first-order valence-electron chi connectivity index (χ1n) is 19.6. The molecule has 0 aliphatic heterocycles. The number of unbranched alkanes of at least 4 members (excludes halogenated alkanes) is 11. The number of carbonyl (C=O) groups excluding carboxylic acids is 2. The Bertz CT molecular complexity index is 1160. The molecule has 0 radical (unpaired) electrons. The van der Waals surface area contributed by atoms with Gasteiger partial charge in [0.05, 0.1) is 6.61 Å². The second-order valence-electron chi connectivity index (χ2n) is 12.6. The summed E-state index contributed by atoms with van der Waals surface area (Å²) in [5.41, 5.74) is 0. The van der Waals surface area contributed by atoms with Crippen LogP contribution in [0.4, 0.5) is 0 Å². The van der Waals surface area contributed by atoms with Crippen LogP contribution in [-0.2, 0) is 28.2 Å². The van der Waals surface area contributed by atoms with Gasteiger partial charge >= 0.3 is 19.8 Å². The van der Waals surface area contributed by atoms with E-state index in [1.54, 1.807) is 0 Å². The van der Waals surface area contributed by atoms with Gasteiger partial charge in [0.2, 0.25) is 0 Å². The van der Waals surface area contributed by atoms with Gasteiger partial charge in [-0.1, -0.05) is 150 Å². The Morgan fingerprint density at radius 3 is 1.58 bits per heavy atom. The molecular formula is C43H69O8P. The summed E-state index contributed by atoms with van der Waals surface area (Å²) in [7, 11) is -4.77. The Morgan fingerprint density at radius 2 is 1.00 bits per heavy atom. The van der Waals surface area contributed by atoms with Gasteiger partial charge in [-0.15, -0.1) is 0 Å². The molecule has 9 heteroatoms. The molecule has 1 unspecified atom stereocenters. The maximum Gasteiger partial charge on any atom is 0.469 e. The predicted molar refractivity (Wildman–Crippen MR) is 216 cm³/mol. The maximum atomic E-state index is 12.3. The standard InChI is InChI=1S/C43H69O8P/c1-3-5-7-9-11-13-15-17-18-19-20-21-22-23-24-26-27-29-31-33-35-37-42(44)49-39-41(40-50-52(46,47)48)51-43(45)38-36-34-32-30-28-25-16-14-12-10-8-6-4-2/h6,8,10-14,16-18,20-21,23-25,28,41H,3-5,7,9,15,19,22,26-27,29-40H2,1-2H3,(H2,46,47,48)/b8-6+,12-10+,13-11+,16-14+,18-17+,21-20+,24-23+,28-25+. The van der Waals surface area contributed by atoms with Crippen LogP contribution in [0.5, 0.6) is 0 Å². The van der Waals surface area contributed by atoms with Crippen LogP contribution in [0.3, 0.4) is 0 Å². The van der Waals surface area contributed by atoms with Crippen LogP contribution in [0.1, 0.15) is 142 Å². The minimum atomic E-state index is -4.77. The second-order valence-corrected chi connectivity index (χ2v) is 13.8. The predicted octanol–water partition coefficient (Wildman–Crippen LogP) is 11.8. The molecule has 294 valence electrons. The van der Waals surface area contributed by atoms with Crippen LogP contribution in [0.15, 0.2) is 97.2 Å². The van der Waals surface area contributed by atoms with Gasteiger partial charge in [0, 0.05) is 12.8 Å². The summed E-state index contributed by atoms with van der Waals surface area (Å²) in [6.07, 6.45) is 51.3. The smallest absolute Gasteiger partial charge is 0.462 e. The fraction of sp³-hybridized carbons (Fsp3) is 0.581. The van der Waals surface area contributed by atoms with Gasteiger partial charge < -0.3 is 19.3 Å². The zero-order valence-corrected chi connectivity index (χ0v) is 33.1. The number of hydrogen-bond acceptors (Lipinski definition) is 6. The minimum Gasteiger partial charge on any atom is -0.462 e. The highest BCUT2D eigenvalue weighted by Crippen LogP contribution is 2.36. The Hall–Kier alpha value is -3.03. The molecule has 2 N–H and O–H groups in total. The van der Waals surface area contributed by atoms with E-state index in [9.17, 15) is 14.2 Å². The summed E-state index contributed by atoms with van der Waals surface area (Å²) in [6, 6.07) is 0. The van der Waals surface area contributed by atoms with Crippen LogP contribution in [0, 0.1) is 0 Å². The molecule has 0 aromatic rings. The first-order chi connectivity index (χ1) is 25.3. The average Bonchev–Trinajstić information content (AvgIpc) is 3.11. The number of carbonyl (C=O) groups is 2. The van der Waals surface area contributed by atoms with Crippen molar-refractivity contribution in [3.63, 3.8) is 0 Å². The number of phosphoric ester groups is 1. The average molecular weight is 745 g/mol. The third-order valence-electron chi connectivity index (χ3n) is 7.68. The van der Waals surface area contributed by atoms with E-state index in [4.69, 9.17) is 19.3 Å². The fourth-order valence-corrected chi connectivity index (χ4v) is 5.14. The van der Waals surface area contributed by atoms with E-state index in [1.165, 1.54) is 25.7 Å². The van der Waals surface area contributed by atoms with Crippen molar-refractivity contribution in [2.45, 2.75) is 148 Å². The van der Waals surface area contributed by atoms with Crippen molar-refractivity contribution in [3.8, 4) is 0 Å². The molecular weight excluding hydrogens is 675 g/mol. The maximum absolute atomic E-state index is 12.3. The van der Waals surface area contributed by atoms with Gasteiger partial charge in [-0.2, -0.15) is 0 Å². The molecule has 0 amide bonds. The number of rotatable bonds is 34. The summed E-state index contributed by atoms with van der Waals surface area (Å²) >= 11 is 0. The van der Waals surface area contributed by atoms with E-state index < -0.39 is 32.5 Å². The Morgan fingerprint density at radius 1 is 0.538 bits per heavy atom. The highest BCUT2D eigenvalue weighted by molar-refractivity contribution is 7.46. The van der Waals surface area contributed by atoms with Gasteiger partial charge in [-0.25, -0.2) is 4.57 Å². The summed E-state index contributed by atoms with van der Waals surface area (Å²) in [5, 5.41) is 0. The van der Waals surface area contributed by atoms with Gasteiger partial charge in [0.1, 0.15) is 6.61 Å². The molecule has 0 aliphatic carbocycles. The SMILES string of the molecule is CC/C=C/C=C/C=C/C=C/CCCCCC(=O)OC(COC(=O)CCCCCCC/C=C/C/C=C/C/C=C/C/C=C/CCCCC)COP(=O)(O)O. The van der Waals surface area contributed by atoms with Crippen molar-refractivity contribution >= 4 is 19.8 Å². The highest BCUT2D eigenvalue weighted by atomic mass is 31.2. The lowest BCUT2D eigenvalue weighted by atomic mass is 10.1. The van der Waals surface area contributed by atoms with E-state index in [-0.39, 0.29) is 19.4 Å². The molecule has 0 aromatic heterocycles. The Balaban J connectivity index is 4.05. The molecule has 0 aromatic carbocycles. The van der Waals surface area contributed by atoms with Crippen LogP contribution < -0.4 is 0 Å². The number of ether oxygens (including phenoxy) is 2. The molecule has 0 saturated carbocycles. The van der Waals surface area contributed by atoms with Crippen molar-refractivity contribution in [3.05, 3.63) is 97.2 Å². The molecule has 52 heavy (non-hydrogen) atoms. The molecule has 0 rings (SSSR count). The van der Waals surface area contributed by atoms with Crippen LogP contribution in [-0.4, -0.2) is 41.0 Å². The number of phosphoric acid groups is 1. The Kier molecular flexibility index (Phi) is 35.5. The van der Waals surface area contributed by atoms with Crippen LogP contribution >= 0.6 is 7.82 Å². The Labute approximate surface area is 315 Å². The van der Waals surface area contributed by atoms with E-state index in [0.717, 1.165) is 77.0 Å². The first kappa shape index (κ1) is 49.0. The molecule has 8 nitrogen and oxygen atoms in total. The van der Waals surface area contributed by atoms with Crippen molar-refractivity contribution in [2.24, 2.45) is 0 Å². The van der Waals surface area contributed by atoms with E-state index in [2.05, 4.69) is 79.1 Å². The van der Waals surface area contributed by atoms with Gasteiger partial charge in [-0.05, 0) is 77.0 Å². The number of allylic oxidation sites excluding steroid dienone is 16. The van der Waals surface area contributed by atoms with Crippen LogP contribution in [0.2, 0.25) is 0 Å². The minimum absolute atomic E-state index is 0.155. The third-order valence-corrected chi connectivity index (χ3v) is 8.17. The molecule has 0 saturated heterocycles. The lowest BCUT2D eigenvalue weighted by Crippen LogP contribution is -2.29. The second kappa shape index (κ2) is 37.7. The lowest BCUT2D eigenvalue weighted by Gasteiger charge is -2.18. The van der Waals surface area contributed by atoms with Gasteiger partial charge in [0.25, 0.3) is 0 Å². The molecule has 0 fully saturated rings. The zero-order valence-electron chi connectivity index (χ0n) is 32.2. The van der Waals surface area contributed by atoms with Gasteiger partial charge in [-0.3, -0.25) is 14.1 Å². The third kappa shape index (κ3) is 39.8.